The van der Waals surface area contributed by atoms with Crippen molar-refractivity contribution in [1.29, 1.82) is 0 Å². The Morgan fingerprint density at radius 2 is 0.741 bits per heavy atom. The summed E-state index contributed by atoms with van der Waals surface area (Å²) in [4.78, 5) is 34.0. The number of nitrogens with zero attached hydrogens (tertiary/aromatic N) is 7. The lowest BCUT2D eigenvalue weighted by atomic mass is 10.0. The number of hydrogen-bond donors (Lipinski definition) is 0. The molecule has 0 radical (unpaired) electrons. The molecule has 10 rings (SSSR count). The fraction of sp³-hybridized carbons (Fsp3) is 0. The maximum Gasteiger partial charge on any atom is 0.178 e. The van der Waals surface area contributed by atoms with E-state index in [1.54, 1.807) is 0 Å². The van der Waals surface area contributed by atoms with Crippen molar-refractivity contribution < 1.29 is 0 Å². The maximum atomic E-state index is 5.12. The first-order valence-electron chi connectivity index (χ1n) is 17.7. The first kappa shape index (κ1) is 31.2. The molecular formula is C47H29N7. The predicted molar refractivity (Wildman–Crippen MR) is 216 cm³/mol. The first-order chi connectivity index (χ1) is 26.7. The van der Waals surface area contributed by atoms with Gasteiger partial charge in [0.25, 0.3) is 0 Å². The molecule has 0 fully saturated rings. The van der Waals surface area contributed by atoms with Gasteiger partial charge in [-0.2, -0.15) is 0 Å². The summed E-state index contributed by atoms with van der Waals surface area (Å²) < 4.78 is 0. The van der Waals surface area contributed by atoms with Crippen molar-refractivity contribution >= 4 is 32.7 Å². The van der Waals surface area contributed by atoms with E-state index >= 15 is 0 Å². The molecule has 0 aliphatic carbocycles. The van der Waals surface area contributed by atoms with Crippen molar-refractivity contribution in [2.75, 3.05) is 0 Å². The van der Waals surface area contributed by atoms with Gasteiger partial charge in [-0.15, -0.1) is 0 Å². The van der Waals surface area contributed by atoms with Crippen LogP contribution in [0.15, 0.2) is 176 Å². The summed E-state index contributed by atoms with van der Waals surface area (Å²) in [6, 6.07) is 57.3. The van der Waals surface area contributed by atoms with Crippen LogP contribution in [0.25, 0.3) is 101 Å². The second-order valence-electron chi connectivity index (χ2n) is 13.1. The van der Waals surface area contributed by atoms with E-state index in [0.29, 0.717) is 23.3 Å². The molecule has 0 unspecified atom stereocenters. The molecule has 0 amide bonds. The van der Waals surface area contributed by atoms with E-state index in [2.05, 4.69) is 83.8 Å². The molecule has 6 aromatic carbocycles. The minimum atomic E-state index is 0.604. The zero-order chi connectivity index (χ0) is 35.8. The molecule has 0 saturated heterocycles. The Labute approximate surface area is 310 Å². The Kier molecular flexibility index (Phi) is 7.66. The van der Waals surface area contributed by atoms with Crippen molar-refractivity contribution in [1.82, 2.24) is 34.9 Å². The molecule has 4 heterocycles. The Morgan fingerprint density at radius 1 is 0.259 bits per heavy atom. The smallest absolute Gasteiger partial charge is 0.178 e. The minimum absolute atomic E-state index is 0.604. The maximum absolute atomic E-state index is 5.12. The van der Waals surface area contributed by atoms with Crippen molar-refractivity contribution in [3.05, 3.63) is 176 Å². The lowest BCUT2D eigenvalue weighted by Gasteiger charge is -2.10. The fourth-order valence-electron chi connectivity index (χ4n) is 6.70. The number of para-hydroxylation sites is 1. The number of benzene rings is 6. The van der Waals surface area contributed by atoms with Crippen LogP contribution in [0.5, 0.6) is 0 Å². The van der Waals surface area contributed by atoms with Crippen molar-refractivity contribution in [3.8, 4) is 68.1 Å². The van der Waals surface area contributed by atoms with Gasteiger partial charge >= 0.3 is 0 Å². The van der Waals surface area contributed by atoms with Crippen LogP contribution in [0.3, 0.4) is 0 Å². The van der Waals surface area contributed by atoms with Crippen molar-refractivity contribution in [2.45, 2.75) is 0 Å². The van der Waals surface area contributed by atoms with Crippen LogP contribution in [0, 0.1) is 0 Å². The topological polar surface area (TPSA) is 90.2 Å². The van der Waals surface area contributed by atoms with E-state index in [1.807, 2.05) is 97.2 Å². The Hall–Kier alpha value is -7.51. The number of hydrogen-bond acceptors (Lipinski definition) is 7. The van der Waals surface area contributed by atoms with Gasteiger partial charge < -0.3 is 0 Å². The third-order valence-electron chi connectivity index (χ3n) is 9.57. The third kappa shape index (κ3) is 5.99. The fourth-order valence-corrected chi connectivity index (χ4v) is 6.70. The molecule has 0 saturated carbocycles. The van der Waals surface area contributed by atoms with Gasteiger partial charge in [0.1, 0.15) is 5.69 Å². The summed E-state index contributed by atoms with van der Waals surface area (Å²) in [6.45, 7) is 0. The molecule has 10 aromatic rings. The summed E-state index contributed by atoms with van der Waals surface area (Å²) in [5, 5.41) is 3.11. The molecule has 7 heteroatoms. The van der Waals surface area contributed by atoms with Crippen LogP contribution in [0.4, 0.5) is 0 Å². The minimum Gasteiger partial charge on any atom is -0.248 e. The Morgan fingerprint density at radius 3 is 1.41 bits per heavy atom. The van der Waals surface area contributed by atoms with Gasteiger partial charge in [0, 0.05) is 44.6 Å². The summed E-state index contributed by atoms with van der Waals surface area (Å²) in [5.74, 6) is 2.51. The summed E-state index contributed by atoms with van der Waals surface area (Å²) in [7, 11) is 0. The quantitative estimate of drug-likeness (QED) is 0.171. The average Bonchev–Trinajstić information content (AvgIpc) is 3.26. The molecule has 54 heavy (non-hydrogen) atoms. The summed E-state index contributed by atoms with van der Waals surface area (Å²) in [5.41, 5.74) is 10.2. The Balaban J connectivity index is 0.964. The van der Waals surface area contributed by atoms with Crippen LogP contribution < -0.4 is 0 Å². The van der Waals surface area contributed by atoms with E-state index < -0.39 is 0 Å². The number of pyridine rings is 2. The standard InChI is InChI=1S/C47H29N7/c1-3-9-33(10-4-1)44-52-45(34-11-5-2-6-12-34)54-46(53-44)35-19-15-30(16-20-35)36-21-17-31-23-25-40(49-42(31)27-36)37-22-18-32-24-26-41(50-43(32)28-37)47-48-29-38-13-7-8-14-39(38)51-47/h1-29H. The van der Waals surface area contributed by atoms with E-state index in [0.717, 1.165) is 77.5 Å². The molecule has 0 spiro atoms. The molecule has 0 aliphatic heterocycles. The normalized spacial score (nSPS) is 11.3. The summed E-state index contributed by atoms with van der Waals surface area (Å²) in [6.07, 6.45) is 1.85. The zero-order valence-electron chi connectivity index (χ0n) is 28.9. The number of aromatic nitrogens is 7. The van der Waals surface area contributed by atoms with Gasteiger partial charge in [0.05, 0.1) is 22.2 Å². The second kappa shape index (κ2) is 13.2. The lowest BCUT2D eigenvalue weighted by molar-refractivity contribution is 1.07. The molecule has 0 bridgehead atoms. The average molecular weight is 692 g/mol. The van der Waals surface area contributed by atoms with E-state index in [-0.39, 0.29) is 0 Å². The van der Waals surface area contributed by atoms with Crippen LogP contribution in [0.2, 0.25) is 0 Å². The highest BCUT2D eigenvalue weighted by atomic mass is 15.0. The monoisotopic (exact) mass is 691 g/mol. The van der Waals surface area contributed by atoms with Gasteiger partial charge in [0.15, 0.2) is 23.3 Å². The molecule has 0 aliphatic rings. The molecule has 0 atom stereocenters. The van der Waals surface area contributed by atoms with E-state index in [9.17, 15) is 0 Å². The van der Waals surface area contributed by atoms with Gasteiger partial charge in [-0.3, -0.25) is 0 Å². The van der Waals surface area contributed by atoms with Crippen LogP contribution in [-0.4, -0.2) is 34.9 Å². The van der Waals surface area contributed by atoms with Crippen molar-refractivity contribution in [3.63, 3.8) is 0 Å². The largest absolute Gasteiger partial charge is 0.248 e. The summed E-state index contributed by atoms with van der Waals surface area (Å²) >= 11 is 0. The number of rotatable bonds is 6. The van der Waals surface area contributed by atoms with E-state index in [1.165, 1.54) is 0 Å². The van der Waals surface area contributed by atoms with Gasteiger partial charge in [0.2, 0.25) is 0 Å². The van der Waals surface area contributed by atoms with Crippen LogP contribution in [0.1, 0.15) is 0 Å². The molecule has 252 valence electrons. The van der Waals surface area contributed by atoms with Crippen LogP contribution in [-0.2, 0) is 0 Å². The molecular weight excluding hydrogens is 663 g/mol. The highest BCUT2D eigenvalue weighted by Crippen LogP contribution is 2.31. The second-order valence-corrected chi connectivity index (χ2v) is 13.1. The zero-order valence-corrected chi connectivity index (χ0v) is 28.9. The SMILES string of the molecule is c1ccc(-c2nc(-c3ccccc3)nc(-c3ccc(-c4ccc5ccc(-c6ccc7ccc(-c8ncc9ccccc9n8)nc7c6)nc5c4)cc3)n2)cc1. The van der Waals surface area contributed by atoms with Gasteiger partial charge in [-0.25, -0.2) is 34.9 Å². The predicted octanol–water partition coefficient (Wildman–Crippen LogP) is 10.9. The van der Waals surface area contributed by atoms with E-state index in [4.69, 9.17) is 29.9 Å². The highest BCUT2D eigenvalue weighted by molar-refractivity contribution is 5.89. The van der Waals surface area contributed by atoms with Crippen LogP contribution >= 0.6 is 0 Å². The molecule has 0 N–H and O–H groups in total. The molecule has 7 nitrogen and oxygen atoms in total. The third-order valence-corrected chi connectivity index (χ3v) is 9.57. The molecule has 4 aromatic heterocycles. The lowest BCUT2D eigenvalue weighted by Crippen LogP contribution is -2.00. The van der Waals surface area contributed by atoms with Gasteiger partial charge in [-0.1, -0.05) is 140 Å². The van der Waals surface area contributed by atoms with Gasteiger partial charge in [-0.05, 0) is 41.5 Å². The van der Waals surface area contributed by atoms with Crippen molar-refractivity contribution in [2.24, 2.45) is 0 Å². The Bertz CT molecular complexity index is 2930. The highest BCUT2D eigenvalue weighted by Gasteiger charge is 2.13. The number of fused-ring (bicyclic) bond motifs is 3. The first-order valence-corrected chi connectivity index (χ1v) is 17.7.